The van der Waals surface area contributed by atoms with Crippen LogP contribution in [-0.4, -0.2) is 31.3 Å². The third kappa shape index (κ3) is 2.84. The summed E-state index contributed by atoms with van der Waals surface area (Å²) in [6.07, 6.45) is 1.92. The van der Waals surface area contributed by atoms with Gasteiger partial charge in [-0.15, -0.1) is 5.10 Å². The molecule has 1 atom stereocenters. The molecule has 0 aromatic carbocycles. The van der Waals surface area contributed by atoms with E-state index in [1.807, 2.05) is 17.9 Å². The predicted octanol–water partition coefficient (Wildman–Crippen LogP) is 1.35. The molecular weight excluding hydrogens is 240 g/mol. The average molecular weight is 262 g/mol. The van der Waals surface area contributed by atoms with E-state index in [1.54, 1.807) is 4.68 Å². The van der Waals surface area contributed by atoms with E-state index in [2.05, 4.69) is 48.4 Å². The molecule has 2 rings (SSSR count). The molecule has 2 heterocycles. The standard InChI is InChI=1S/C13H22N6/c1-6-14-9(2)13-10(3)16-19(11(13)4)8-12-7-18(5)17-15-12/h7,9,14H,6,8H2,1-5H3. The van der Waals surface area contributed by atoms with Gasteiger partial charge in [0.15, 0.2) is 0 Å². The first-order valence-corrected chi connectivity index (χ1v) is 6.65. The number of aryl methyl sites for hydroxylation is 2. The van der Waals surface area contributed by atoms with Crippen molar-refractivity contribution < 1.29 is 0 Å². The lowest BCUT2D eigenvalue weighted by Crippen LogP contribution is -2.19. The van der Waals surface area contributed by atoms with Gasteiger partial charge in [-0.1, -0.05) is 12.1 Å². The second kappa shape index (κ2) is 5.52. The molecule has 0 aliphatic carbocycles. The van der Waals surface area contributed by atoms with E-state index in [0.717, 1.165) is 17.9 Å². The Morgan fingerprint density at radius 1 is 1.37 bits per heavy atom. The third-order valence-corrected chi connectivity index (χ3v) is 3.34. The minimum absolute atomic E-state index is 0.320. The molecule has 6 heteroatoms. The highest BCUT2D eigenvalue weighted by atomic mass is 15.4. The largest absolute Gasteiger partial charge is 0.310 e. The van der Waals surface area contributed by atoms with E-state index in [9.17, 15) is 0 Å². The molecule has 0 radical (unpaired) electrons. The first-order valence-electron chi connectivity index (χ1n) is 6.65. The highest BCUT2D eigenvalue weighted by Gasteiger charge is 2.17. The summed E-state index contributed by atoms with van der Waals surface area (Å²) in [7, 11) is 1.87. The molecule has 0 amide bonds. The Labute approximate surface area is 113 Å². The summed E-state index contributed by atoms with van der Waals surface area (Å²) >= 11 is 0. The summed E-state index contributed by atoms with van der Waals surface area (Å²) in [6.45, 7) is 10.1. The van der Waals surface area contributed by atoms with Gasteiger partial charge in [0.2, 0.25) is 0 Å². The lowest BCUT2D eigenvalue weighted by atomic mass is 10.1. The van der Waals surface area contributed by atoms with Gasteiger partial charge in [0, 0.05) is 30.5 Å². The predicted molar refractivity (Wildman–Crippen MR) is 73.9 cm³/mol. The van der Waals surface area contributed by atoms with Crippen molar-refractivity contribution in [1.29, 1.82) is 0 Å². The summed E-state index contributed by atoms with van der Waals surface area (Å²) in [6, 6.07) is 0.320. The molecule has 2 aromatic heterocycles. The molecule has 0 saturated heterocycles. The highest BCUT2D eigenvalue weighted by Crippen LogP contribution is 2.21. The Hall–Kier alpha value is -1.69. The zero-order valence-corrected chi connectivity index (χ0v) is 12.3. The van der Waals surface area contributed by atoms with Crippen LogP contribution in [0.2, 0.25) is 0 Å². The highest BCUT2D eigenvalue weighted by molar-refractivity contribution is 5.28. The van der Waals surface area contributed by atoms with Gasteiger partial charge in [-0.3, -0.25) is 9.36 Å². The average Bonchev–Trinajstić information content (AvgIpc) is 2.85. The Bertz CT molecular complexity index is 553. The van der Waals surface area contributed by atoms with Gasteiger partial charge in [0.05, 0.1) is 12.2 Å². The van der Waals surface area contributed by atoms with Crippen LogP contribution in [0.4, 0.5) is 0 Å². The van der Waals surface area contributed by atoms with Crippen LogP contribution < -0.4 is 5.32 Å². The minimum Gasteiger partial charge on any atom is -0.310 e. The second-order valence-corrected chi connectivity index (χ2v) is 4.91. The van der Waals surface area contributed by atoms with E-state index in [1.165, 1.54) is 11.3 Å². The Kier molecular flexibility index (Phi) is 3.99. The van der Waals surface area contributed by atoms with Crippen LogP contribution in [-0.2, 0) is 13.6 Å². The number of nitrogens with zero attached hydrogens (tertiary/aromatic N) is 5. The first-order chi connectivity index (χ1) is 9.02. The number of rotatable bonds is 5. The van der Waals surface area contributed by atoms with Gasteiger partial charge in [0.1, 0.15) is 5.69 Å². The van der Waals surface area contributed by atoms with E-state index in [4.69, 9.17) is 0 Å². The van der Waals surface area contributed by atoms with E-state index in [-0.39, 0.29) is 0 Å². The summed E-state index contributed by atoms with van der Waals surface area (Å²) in [4.78, 5) is 0. The van der Waals surface area contributed by atoms with E-state index in [0.29, 0.717) is 12.6 Å². The Balaban J connectivity index is 2.25. The fourth-order valence-corrected chi connectivity index (χ4v) is 2.52. The first kappa shape index (κ1) is 13.7. The number of hydrogen-bond acceptors (Lipinski definition) is 4. The number of aromatic nitrogens is 5. The molecule has 0 saturated carbocycles. The molecule has 0 fully saturated rings. The zero-order valence-electron chi connectivity index (χ0n) is 12.3. The summed E-state index contributed by atoms with van der Waals surface area (Å²) < 4.78 is 3.71. The molecule has 0 bridgehead atoms. The molecule has 104 valence electrons. The van der Waals surface area contributed by atoms with Gasteiger partial charge >= 0.3 is 0 Å². The van der Waals surface area contributed by atoms with Crippen molar-refractivity contribution in [2.24, 2.45) is 7.05 Å². The molecule has 0 aliphatic rings. The zero-order chi connectivity index (χ0) is 14.0. The van der Waals surface area contributed by atoms with Crippen molar-refractivity contribution in [3.8, 4) is 0 Å². The van der Waals surface area contributed by atoms with Crippen LogP contribution >= 0.6 is 0 Å². The fraction of sp³-hybridized carbons (Fsp3) is 0.615. The monoisotopic (exact) mass is 262 g/mol. The van der Waals surface area contributed by atoms with Crippen LogP contribution in [0.3, 0.4) is 0 Å². The van der Waals surface area contributed by atoms with Gasteiger partial charge in [0.25, 0.3) is 0 Å². The molecule has 0 aliphatic heterocycles. The molecule has 1 N–H and O–H groups in total. The third-order valence-electron chi connectivity index (χ3n) is 3.34. The van der Waals surface area contributed by atoms with Crippen molar-refractivity contribution in [2.45, 2.75) is 40.3 Å². The Morgan fingerprint density at radius 3 is 2.68 bits per heavy atom. The minimum atomic E-state index is 0.320. The summed E-state index contributed by atoms with van der Waals surface area (Å²) in [5, 5.41) is 16.1. The Morgan fingerprint density at radius 2 is 2.11 bits per heavy atom. The molecular formula is C13H22N6. The van der Waals surface area contributed by atoms with Crippen LogP contribution in [0, 0.1) is 13.8 Å². The maximum atomic E-state index is 4.62. The van der Waals surface area contributed by atoms with Crippen molar-refractivity contribution in [3.63, 3.8) is 0 Å². The molecule has 2 aromatic rings. The maximum absolute atomic E-state index is 4.62. The normalized spacial score (nSPS) is 12.9. The van der Waals surface area contributed by atoms with Crippen molar-refractivity contribution in [1.82, 2.24) is 30.1 Å². The lowest BCUT2D eigenvalue weighted by Gasteiger charge is -2.13. The van der Waals surface area contributed by atoms with Crippen molar-refractivity contribution >= 4 is 0 Å². The second-order valence-electron chi connectivity index (χ2n) is 4.91. The fourth-order valence-electron chi connectivity index (χ4n) is 2.52. The molecule has 19 heavy (non-hydrogen) atoms. The molecule has 0 spiro atoms. The topological polar surface area (TPSA) is 60.6 Å². The van der Waals surface area contributed by atoms with Crippen LogP contribution in [0.25, 0.3) is 0 Å². The van der Waals surface area contributed by atoms with E-state index < -0.39 is 0 Å². The molecule has 1 unspecified atom stereocenters. The summed E-state index contributed by atoms with van der Waals surface area (Å²) in [5.74, 6) is 0. The lowest BCUT2D eigenvalue weighted by molar-refractivity contribution is 0.588. The quantitative estimate of drug-likeness (QED) is 0.883. The smallest absolute Gasteiger partial charge is 0.104 e. The van der Waals surface area contributed by atoms with E-state index >= 15 is 0 Å². The van der Waals surface area contributed by atoms with Gasteiger partial charge < -0.3 is 5.32 Å². The molecule has 6 nitrogen and oxygen atoms in total. The van der Waals surface area contributed by atoms with Gasteiger partial charge in [-0.05, 0) is 27.3 Å². The van der Waals surface area contributed by atoms with Crippen LogP contribution in [0.15, 0.2) is 6.20 Å². The van der Waals surface area contributed by atoms with Crippen molar-refractivity contribution in [3.05, 3.63) is 28.8 Å². The number of hydrogen-bond donors (Lipinski definition) is 1. The maximum Gasteiger partial charge on any atom is 0.104 e. The SMILES string of the molecule is CCNC(C)c1c(C)nn(Cc2cn(C)nn2)c1C. The number of nitrogens with one attached hydrogen (secondary N) is 1. The van der Waals surface area contributed by atoms with Gasteiger partial charge in [-0.2, -0.15) is 5.10 Å². The van der Waals surface area contributed by atoms with Crippen LogP contribution in [0.1, 0.15) is 42.5 Å². The summed E-state index contributed by atoms with van der Waals surface area (Å²) in [5.41, 5.74) is 4.48. The van der Waals surface area contributed by atoms with Crippen molar-refractivity contribution in [2.75, 3.05) is 6.54 Å². The van der Waals surface area contributed by atoms with Crippen LogP contribution in [0.5, 0.6) is 0 Å². The van der Waals surface area contributed by atoms with Gasteiger partial charge in [-0.25, -0.2) is 0 Å².